The summed E-state index contributed by atoms with van der Waals surface area (Å²) < 4.78 is 5.41. The lowest BCUT2D eigenvalue weighted by Crippen LogP contribution is -2.34. The van der Waals surface area contributed by atoms with Gasteiger partial charge in [0.25, 0.3) is 5.91 Å². The molecule has 1 unspecified atom stereocenters. The fourth-order valence-electron chi connectivity index (χ4n) is 3.86. The van der Waals surface area contributed by atoms with Crippen molar-refractivity contribution in [1.29, 1.82) is 0 Å². The Labute approximate surface area is 175 Å². The zero-order valence-electron chi connectivity index (χ0n) is 15.9. The number of hydrogen-bond donors (Lipinski definition) is 0. The van der Waals surface area contributed by atoms with Gasteiger partial charge in [-0.05, 0) is 74.8 Å². The molecule has 1 aromatic heterocycles. The van der Waals surface area contributed by atoms with Crippen LogP contribution in [0, 0.1) is 0 Å². The standard InChI is InChI=1S/C22H25ClN2O2S/c23-18-8-4-7-17(15-18)22-25(13-6-12-24-10-2-1-3-11-24)21(26)20(28-22)16-19-9-5-14-27-19/h4-5,7-9,14-16,22H,1-3,6,10-13H2. The van der Waals surface area contributed by atoms with Crippen LogP contribution in [-0.4, -0.2) is 41.9 Å². The molecule has 0 N–H and O–H groups in total. The SMILES string of the molecule is O=C1C(=Cc2ccco2)SC(c2cccc(Cl)c2)N1CCCN1CCCCC1. The van der Waals surface area contributed by atoms with Crippen molar-refractivity contribution in [3.63, 3.8) is 0 Å². The highest BCUT2D eigenvalue weighted by Crippen LogP contribution is 2.46. The number of carbonyl (C=O) groups is 1. The zero-order chi connectivity index (χ0) is 19.3. The average molecular weight is 417 g/mol. The van der Waals surface area contributed by atoms with Gasteiger partial charge in [0.05, 0.1) is 11.2 Å². The first-order chi connectivity index (χ1) is 13.7. The third kappa shape index (κ3) is 4.65. The van der Waals surface area contributed by atoms with Gasteiger partial charge in [0, 0.05) is 11.6 Å². The highest BCUT2D eigenvalue weighted by atomic mass is 35.5. The van der Waals surface area contributed by atoms with Gasteiger partial charge in [0.1, 0.15) is 11.1 Å². The maximum atomic E-state index is 13.1. The summed E-state index contributed by atoms with van der Waals surface area (Å²) in [5.74, 6) is 0.779. The summed E-state index contributed by atoms with van der Waals surface area (Å²) in [6.45, 7) is 4.16. The van der Waals surface area contributed by atoms with E-state index in [1.54, 1.807) is 18.0 Å². The molecule has 0 spiro atoms. The van der Waals surface area contributed by atoms with E-state index in [0.29, 0.717) is 10.8 Å². The molecule has 0 radical (unpaired) electrons. The van der Waals surface area contributed by atoms with E-state index in [9.17, 15) is 4.79 Å². The lowest BCUT2D eigenvalue weighted by Gasteiger charge is -2.28. The predicted octanol–water partition coefficient (Wildman–Crippen LogP) is 5.42. The van der Waals surface area contributed by atoms with Crippen LogP contribution < -0.4 is 0 Å². The minimum Gasteiger partial charge on any atom is -0.465 e. The third-order valence-corrected chi connectivity index (χ3v) is 6.80. The van der Waals surface area contributed by atoms with Gasteiger partial charge in [-0.1, -0.05) is 41.9 Å². The van der Waals surface area contributed by atoms with Crippen molar-refractivity contribution < 1.29 is 9.21 Å². The van der Waals surface area contributed by atoms with E-state index in [4.69, 9.17) is 16.0 Å². The Bertz CT molecular complexity index is 831. The predicted molar refractivity (Wildman–Crippen MR) is 115 cm³/mol. The normalized spacial score (nSPS) is 22.3. The fraction of sp³-hybridized carbons (Fsp3) is 0.409. The molecule has 28 heavy (non-hydrogen) atoms. The molecular weight excluding hydrogens is 392 g/mol. The van der Waals surface area contributed by atoms with Crippen LogP contribution in [0.25, 0.3) is 6.08 Å². The van der Waals surface area contributed by atoms with Crippen LogP contribution in [0.5, 0.6) is 0 Å². The Hall–Kier alpha value is -1.69. The molecule has 1 aromatic carbocycles. The number of benzene rings is 1. The van der Waals surface area contributed by atoms with Crippen molar-refractivity contribution in [1.82, 2.24) is 9.80 Å². The quantitative estimate of drug-likeness (QED) is 0.589. The number of hydrogen-bond acceptors (Lipinski definition) is 4. The lowest BCUT2D eigenvalue weighted by molar-refractivity contribution is -0.126. The smallest absolute Gasteiger partial charge is 0.261 e. The van der Waals surface area contributed by atoms with Crippen LogP contribution in [0.4, 0.5) is 0 Å². The molecule has 1 amide bonds. The van der Waals surface area contributed by atoms with Crippen molar-refractivity contribution in [2.75, 3.05) is 26.2 Å². The molecule has 2 aromatic rings. The van der Waals surface area contributed by atoms with Crippen LogP contribution in [0.3, 0.4) is 0 Å². The molecule has 148 valence electrons. The molecule has 2 saturated heterocycles. The third-order valence-electron chi connectivity index (χ3n) is 5.27. The van der Waals surface area contributed by atoms with E-state index in [1.807, 2.05) is 47.4 Å². The number of nitrogens with zero attached hydrogens (tertiary/aromatic N) is 2. The first kappa shape index (κ1) is 19.6. The largest absolute Gasteiger partial charge is 0.465 e. The number of carbonyl (C=O) groups excluding carboxylic acids is 1. The van der Waals surface area contributed by atoms with Gasteiger partial charge in [-0.3, -0.25) is 4.79 Å². The van der Waals surface area contributed by atoms with Gasteiger partial charge in [-0.2, -0.15) is 0 Å². The topological polar surface area (TPSA) is 36.7 Å². The summed E-state index contributed by atoms with van der Waals surface area (Å²) in [6.07, 6.45) is 8.38. The average Bonchev–Trinajstić information content (AvgIpc) is 3.32. The van der Waals surface area contributed by atoms with Crippen LogP contribution >= 0.6 is 23.4 Å². The van der Waals surface area contributed by atoms with Gasteiger partial charge in [-0.25, -0.2) is 0 Å². The fourth-order valence-corrected chi connectivity index (χ4v) is 5.31. The molecule has 6 heteroatoms. The van der Waals surface area contributed by atoms with Crippen LogP contribution in [0.15, 0.2) is 52.0 Å². The van der Waals surface area contributed by atoms with Crippen LogP contribution in [-0.2, 0) is 4.79 Å². The Balaban J connectivity index is 1.50. The number of furan rings is 1. The number of amides is 1. The van der Waals surface area contributed by atoms with Gasteiger partial charge in [-0.15, -0.1) is 0 Å². The van der Waals surface area contributed by atoms with Gasteiger partial charge in [0.15, 0.2) is 0 Å². The Morgan fingerprint density at radius 1 is 1.14 bits per heavy atom. The van der Waals surface area contributed by atoms with Crippen LogP contribution in [0.1, 0.15) is 42.4 Å². The van der Waals surface area contributed by atoms with E-state index in [0.717, 1.165) is 30.0 Å². The van der Waals surface area contributed by atoms with E-state index in [2.05, 4.69) is 4.90 Å². The van der Waals surface area contributed by atoms with E-state index in [1.165, 1.54) is 32.4 Å². The molecular formula is C22H25ClN2O2S. The molecule has 0 saturated carbocycles. The molecule has 2 fully saturated rings. The summed E-state index contributed by atoms with van der Waals surface area (Å²) in [4.78, 5) is 18.4. The van der Waals surface area contributed by atoms with Crippen molar-refractivity contribution in [3.05, 3.63) is 63.9 Å². The molecule has 0 aliphatic carbocycles. The number of halogens is 1. The number of piperidine rings is 1. The summed E-state index contributed by atoms with van der Waals surface area (Å²) in [7, 11) is 0. The van der Waals surface area contributed by atoms with E-state index < -0.39 is 0 Å². The summed E-state index contributed by atoms with van der Waals surface area (Å²) in [5.41, 5.74) is 1.06. The minimum atomic E-state index is -0.0474. The second-order valence-corrected chi connectivity index (χ2v) is 8.86. The van der Waals surface area contributed by atoms with Gasteiger partial charge >= 0.3 is 0 Å². The van der Waals surface area contributed by atoms with Gasteiger partial charge in [0.2, 0.25) is 0 Å². The first-order valence-corrected chi connectivity index (χ1v) is 11.2. The molecule has 2 aliphatic rings. The van der Waals surface area contributed by atoms with Crippen molar-refractivity contribution in [2.24, 2.45) is 0 Å². The molecule has 4 nitrogen and oxygen atoms in total. The van der Waals surface area contributed by atoms with Crippen LogP contribution in [0.2, 0.25) is 5.02 Å². The number of likely N-dealkylation sites (tertiary alicyclic amines) is 1. The molecule has 3 heterocycles. The zero-order valence-corrected chi connectivity index (χ0v) is 17.4. The summed E-state index contributed by atoms with van der Waals surface area (Å²) in [6, 6.07) is 11.5. The lowest BCUT2D eigenvalue weighted by atomic mass is 10.1. The maximum Gasteiger partial charge on any atom is 0.261 e. The molecule has 0 bridgehead atoms. The van der Waals surface area contributed by atoms with Gasteiger partial charge < -0.3 is 14.2 Å². The van der Waals surface area contributed by atoms with Crippen molar-refractivity contribution in [3.8, 4) is 0 Å². The number of rotatable bonds is 6. The van der Waals surface area contributed by atoms with Crippen molar-refractivity contribution >= 4 is 35.3 Å². The molecule has 4 rings (SSSR count). The highest BCUT2D eigenvalue weighted by Gasteiger charge is 2.37. The maximum absolute atomic E-state index is 13.1. The van der Waals surface area contributed by atoms with E-state index in [-0.39, 0.29) is 11.3 Å². The molecule has 1 atom stereocenters. The monoisotopic (exact) mass is 416 g/mol. The van der Waals surface area contributed by atoms with E-state index >= 15 is 0 Å². The molecule has 2 aliphatic heterocycles. The second-order valence-electron chi connectivity index (χ2n) is 7.30. The summed E-state index contributed by atoms with van der Waals surface area (Å²) in [5, 5.41) is 0.649. The van der Waals surface area contributed by atoms with Crippen molar-refractivity contribution in [2.45, 2.75) is 31.1 Å². The Morgan fingerprint density at radius 3 is 2.75 bits per heavy atom. The summed E-state index contributed by atoms with van der Waals surface area (Å²) >= 11 is 7.79. The first-order valence-electron chi connectivity index (χ1n) is 9.91. The Morgan fingerprint density at radius 2 is 2.00 bits per heavy atom. The highest BCUT2D eigenvalue weighted by molar-refractivity contribution is 8.04. The second kappa shape index (κ2) is 9.21. The number of thioether (sulfide) groups is 1. The Kier molecular flexibility index (Phi) is 6.45. The minimum absolute atomic E-state index is 0.0474.